The summed E-state index contributed by atoms with van der Waals surface area (Å²) in [4.78, 5) is 27.4. The Morgan fingerprint density at radius 1 is 1.09 bits per heavy atom. The fraction of sp³-hybridized carbons (Fsp3) is 0. The third kappa shape index (κ3) is 2.26. The molecule has 0 spiro atoms. The molecule has 3 aromatic rings. The highest BCUT2D eigenvalue weighted by Crippen LogP contribution is 2.29. The SMILES string of the molecule is Nc1cccc2c([N+](=O)[O-])cc(C(=O)c3ccccc3)nc12. The Morgan fingerprint density at radius 3 is 2.50 bits per heavy atom. The van der Waals surface area contributed by atoms with Crippen LogP contribution >= 0.6 is 0 Å². The van der Waals surface area contributed by atoms with Gasteiger partial charge in [-0.15, -0.1) is 0 Å². The summed E-state index contributed by atoms with van der Waals surface area (Å²) in [6, 6.07) is 14.5. The van der Waals surface area contributed by atoms with Crippen molar-refractivity contribution in [3.63, 3.8) is 0 Å². The van der Waals surface area contributed by atoms with E-state index in [0.29, 0.717) is 16.6 Å². The molecule has 0 atom stereocenters. The van der Waals surface area contributed by atoms with E-state index < -0.39 is 4.92 Å². The lowest BCUT2D eigenvalue weighted by molar-refractivity contribution is -0.383. The van der Waals surface area contributed by atoms with E-state index >= 15 is 0 Å². The van der Waals surface area contributed by atoms with Crippen LogP contribution in [0.1, 0.15) is 16.1 Å². The van der Waals surface area contributed by atoms with Crippen molar-refractivity contribution in [2.45, 2.75) is 0 Å². The van der Waals surface area contributed by atoms with E-state index in [-0.39, 0.29) is 22.7 Å². The van der Waals surface area contributed by atoms with Crippen LogP contribution in [-0.2, 0) is 0 Å². The molecule has 0 saturated carbocycles. The van der Waals surface area contributed by atoms with Crippen molar-refractivity contribution in [2.75, 3.05) is 5.73 Å². The first-order valence-electron chi connectivity index (χ1n) is 6.51. The van der Waals surface area contributed by atoms with E-state index in [1.807, 2.05) is 0 Å². The molecule has 0 unspecified atom stereocenters. The second-order valence-electron chi connectivity index (χ2n) is 4.72. The summed E-state index contributed by atoms with van der Waals surface area (Å²) >= 11 is 0. The van der Waals surface area contributed by atoms with Crippen molar-refractivity contribution in [3.05, 3.63) is 76.0 Å². The second-order valence-corrected chi connectivity index (χ2v) is 4.72. The Hall–Kier alpha value is -3.28. The van der Waals surface area contributed by atoms with E-state index in [1.54, 1.807) is 48.5 Å². The molecular formula is C16H11N3O3. The number of hydrogen-bond acceptors (Lipinski definition) is 5. The van der Waals surface area contributed by atoms with Crippen LogP contribution in [0, 0.1) is 10.1 Å². The van der Waals surface area contributed by atoms with Gasteiger partial charge in [-0.2, -0.15) is 0 Å². The highest BCUT2D eigenvalue weighted by atomic mass is 16.6. The van der Waals surface area contributed by atoms with Crippen molar-refractivity contribution in [1.82, 2.24) is 4.98 Å². The predicted molar refractivity (Wildman–Crippen MR) is 82.7 cm³/mol. The first-order valence-corrected chi connectivity index (χ1v) is 6.51. The number of para-hydroxylation sites is 1. The molecule has 0 amide bonds. The third-order valence-electron chi connectivity index (χ3n) is 3.31. The molecular weight excluding hydrogens is 282 g/mol. The molecule has 0 fully saturated rings. The van der Waals surface area contributed by atoms with E-state index in [1.165, 1.54) is 6.07 Å². The standard InChI is InChI=1S/C16H11N3O3/c17-12-8-4-7-11-14(19(21)22)9-13(18-15(11)12)16(20)10-5-2-1-3-6-10/h1-9H,17H2. The number of hydrogen-bond donors (Lipinski definition) is 1. The molecule has 0 saturated heterocycles. The monoisotopic (exact) mass is 293 g/mol. The molecule has 0 aliphatic heterocycles. The summed E-state index contributed by atoms with van der Waals surface area (Å²) in [7, 11) is 0. The maximum atomic E-state index is 12.5. The molecule has 22 heavy (non-hydrogen) atoms. The van der Waals surface area contributed by atoms with Crippen LogP contribution in [0.3, 0.4) is 0 Å². The maximum absolute atomic E-state index is 12.5. The van der Waals surface area contributed by atoms with Crippen LogP contribution in [-0.4, -0.2) is 15.7 Å². The first kappa shape index (κ1) is 13.7. The van der Waals surface area contributed by atoms with Gasteiger partial charge in [-0.05, 0) is 12.1 Å². The zero-order valence-corrected chi connectivity index (χ0v) is 11.4. The number of rotatable bonds is 3. The zero-order chi connectivity index (χ0) is 15.7. The number of carbonyl (C=O) groups excluding carboxylic acids is 1. The smallest absolute Gasteiger partial charge is 0.281 e. The second kappa shape index (κ2) is 5.25. The van der Waals surface area contributed by atoms with Gasteiger partial charge < -0.3 is 5.73 Å². The summed E-state index contributed by atoms with van der Waals surface area (Å²) in [5.74, 6) is -0.381. The largest absolute Gasteiger partial charge is 0.397 e. The van der Waals surface area contributed by atoms with Gasteiger partial charge in [0, 0.05) is 11.6 Å². The van der Waals surface area contributed by atoms with Gasteiger partial charge in [-0.1, -0.05) is 36.4 Å². The lowest BCUT2D eigenvalue weighted by atomic mass is 10.1. The number of nitrogens with two attached hydrogens (primary N) is 1. The van der Waals surface area contributed by atoms with Crippen molar-refractivity contribution in [1.29, 1.82) is 0 Å². The number of nitrogen functional groups attached to an aromatic ring is 1. The van der Waals surface area contributed by atoms with Gasteiger partial charge in [0.15, 0.2) is 0 Å². The molecule has 0 bridgehead atoms. The van der Waals surface area contributed by atoms with Gasteiger partial charge in [0.1, 0.15) is 11.2 Å². The molecule has 2 N–H and O–H groups in total. The fourth-order valence-corrected chi connectivity index (χ4v) is 2.26. The Balaban J connectivity index is 2.25. The van der Waals surface area contributed by atoms with Crippen LogP contribution in [0.15, 0.2) is 54.6 Å². The van der Waals surface area contributed by atoms with Crippen molar-refractivity contribution >= 4 is 28.1 Å². The number of aromatic nitrogens is 1. The molecule has 3 rings (SSSR count). The zero-order valence-electron chi connectivity index (χ0n) is 11.4. The molecule has 6 heteroatoms. The molecule has 0 radical (unpaired) electrons. The van der Waals surface area contributed by atoms with Crippen molar-refractivity contribution < 1.29 is 9.72 Å². The minimum absolute atomic E-state index is 0.00306. The minimum Gasteiger partial charge on any atom is -0.397 e. The van der Waals surface area contributed by atoms with Crippen molar-refractivity contribution in [3.8, 4) is 0 Å². The van der Waals surface area contributed by atoms with Gasteiger partial charge in [0.2, 0.25) is 5.78 Å². The van der Waals surface area contributed by atoms with E-state index in [9.17, 15) is 14.9 Å². The average Bonchev–Trinajstić information content (AvgIpc) is 2.54. The van der Waals surface area contributed by atoms with Crippen LogP contribution in [0.25, 0.3) is 10.9 Å². The number of anilines is 1. The number of nitrogens with zero attached hydrogens (tertiary/aromatic N) is 2. The van der Waals surface area contributed by atoms with Gasteiger partial charge in [0.25, 0.3) is 5.69 Å². The molecule has 1 aromatic heterocycles. The van der Waals surface area contributed by atoms with E-state index in [2.05, 4.69) is 4.98 Å². The van der Waals surface area contributed by atoms with Crippen LogP contribution in [0.2, 0.25) is 0 Å². The lowest BCUT2D eigenvalue weighted by Crippen LogP contribution is -2.06. The van der Waals surface area contributed by atoms with Gasteiger partial charge in [-0.25, -0.2) is 4.98 Å². The minimum atomic E-state index is -0.536. The fourth-order valence-electron chi connectivity index (χ4n) is 2.26. The number of benzene rings is 2. The average molecular weight is 293 g/mol. The maximum Gasteiger partial charge on any atom is 0.281 e. The molecule has 0 aliphatic carbocycles. The predicted octanol–water partition coefficient (Wildman–Crippen LogP) is 2.96. The molecule has 0 aliphatic rings. The van der Waals surface area contributed by atoms with Crippen LogP contribution in [0.5, 0.6) is 0 Å². The Bertz CT molecular complexity index is 892. The topological polar surface area (TPSA) is 99.1 Å². The lowest BCUT2D eigenvalue weighted by Gasteiger charge is -2.06. The van der Waals surface area contributed by atoms with E-state index in [0.717, 1.165) is 0 Å². The highest BCUT2D eigenvalue weighted by molar-refractivity contribution is 6.10. The quantitative estimate of drug-likeness (QED) is 0.346. The molecule has 2 aromatic carbocycles. The summed E-state index contributed by atoms with van der Waals surface area (Å²) in [5.41, 5.74) is 6.63. The molecule has 6 nitrogen and oxygen atoms in total. The number of ketones is 1. The summed E-state index contributed by atoms with van der Waals surface area (Å²) in [6.45, 7) is 0. The van der Waals surface area contributed by atoms with Crippen LogP contribution < -0.4 is 5.73 Å². The van der Waals surface area contributed by atoms with Gasteiger partial charge in [0.05, 0.1) is 16.0 Å². The summed E-state index contributed by atoms with van der Waals surface area (Å²) < 4.78 is 0. The molecule has 108 valence electrons. The Morgan fingerprint density at radius 2 is 1.82 bits per heavy atom. The summed E-state index contributed by atoms with van der Waals surface area (Å²) in [5, 5.41) is 11.6. The van der Waals surface area contributed by atoms with Gasteiger partial charge in [-0.3, -0.25) is 14.9 Å². The van der Waals surface area contributed by atoms with Crippen molar-refractivity contribution in [2.24, 2.45) is 0 Å². The Labute approximate surface area is 125 Å². The third-order valence-corrected chi connectivity index (χ3v) is 3.31. The first-order chi connectivity index (χ1) is 10.6. The number of carbonyl (C=O) groups is 1. The van der Waals surface area contributed by atoms with E-state index in [4.69, 9.17) is 5.73 Å². The number of fused-ring (bicyclic) bond motifs is 1. The van der Waals surface area contributed by atoms with Gasteiger partial charge >= 0.3 is 0 Å². The summed E-state index contributed by atoms with van der Waals surface area (Å²) in [6.07, 6.45) is 0. The number of nitro groups is 1. The normalized spacial score (nSPS) is 10.5. The number of pyridine rings is 1. The van der Waals surface area contributed by atoms with Crippen LogP contribution in [0.4, 0.5) is 11.4 Å². The Kier molecular flexibility index (Phi) is 3.27. The highest BCUT2D eigenvalue weighted by Gasteiger charge is 2.20. The molecule has 1 heterocycles.